The van der Waals surface area contributed by atoms with Gasteiger partial charge in [0.1, 0.15) is 0 Å². The molecule has 406 valence electrons. The van der Waals surface area contributed by atoms with Crippen molar-refractivity contribution in [2.45, 2.75) is 193 Å². The van der Waals surface area contributed by atoms with E-state index in [1.54, 1.807) is 0 Å². The van der Waals surface area contributed by atoms with Gasteiger partial charge >= 0.3 is 0 Å². The molecule has 0 unspecified atom stereocenters. The van der Waals surface area contributed by atoms with Crippen LogP contribution in [0.2, 0.25) is 0 Å². The molecule has 3 aliphatic heterocycles. The van der Waals surface area contributed by atoms with Crippen molar-refractivity contribution in [3.05, 3.63) is 177 Å². The Balaban J connectivity index is 1.29. The van der Waals surface area contributed by atoms with Gasteiger partial charge in [0.2, 0.25) is 0 Å². The maximum Gasteiger partial charge on any atom is 0.264 e. The highest BCUT2D eigenvalue weighted by molar-refractivity contribution is 8.03. The van der Waals surface area contributed by atoms with Gasteiger partial charge in [-0.25, -0.2) is 0 Å². The van der Waals surface area contributed by atoms with Gasteiger partial charge in [0.25, 0.3) is 6.71 Å². The summed E-state index contributed by atoms with van der Waals surface area (Å²) in [4.78, 5) is 10.6. The van der Waals surface area contributed by atoms with Crippen LogP contribution < -0.4 is 30.4 Å². The summed E-state index contributed by atoms with van der Waals surface area (Å²) in [5, 5.41) is 1.33. The second kappa shape index (κ2) is 17.9. The van der Waals surface area contributed by atoms with E-state index in [2.05, 4.69) is 261 Å². The SMILES string of the molecule is C=C/C=C\C1=C(C)Sc2ccccc2N1c1cc2c3c(c1)N(c1cc(C(C)(C)C)cc(C(C)(C)C)c1)c1c(sc4ccc(C(C)(C)C)cc14)B3c1cc3c(cc1N2c1ccc2c(c1)C(C)(C)CCC2(C)C)C(C)(C)CCC3(C)C. The smallest absolute Gasteiger partial charge is 0.264 e. The Labute approximate surface area is 483 Å². The van der Waals surface area contributed by atoms with Crippen LogP contribution in [0, 0.1) is 0 Å². The number of para-hydroxylation sites is 1. The Morgan fingerprint density at radius 2 is 1.08 bits per heavy atom. The molecule has 6 heteroatoms. The molecule has 7 aromatic rings. The van der Waals surface area contributed by atoms with Gasteiger partial charge in [-0.15, -0.1) is 11.3 Å². The van der Waals surface area contributed by atoms with E-state index in [1.165, 1.54) is 121 Å². The molecule has 79 heavy (non-hydrogen) atoms. The lowest BCUT2D eigenvalue weighted by Crippen LogP contribution is -2.61. The minimum Gasteiger partial charge on any atom is -0.311 e. The van der Waals surface area contributed by atoms with E-state index in [0.29, 0.717) is 0 Å². The third-order valence-corrected chi connectivity index (χ3v) is 21.4. The van der Waals surface area contributed by atoms with Crippen molar-refractivity contribution in [2.75, 3.05) is 14.7 Å². The molecule has 3 nitrogen and oxygen atoms in total. The molecule has 0 spiro atoms. The Morgan fingerprint density at radius 3 is 1.68 bits per heavy atom. The lowest BCUT2D eigenvalue weighted by atomic mass is 9.35. The van der Waals surface area contributed by atoms with Crippen LogP contribution in [0.3, 0.4) is 0 Å². The van der Waals surface area contributed by atoms with Crippen LogP contribution in [0.1, 0.15) is 189 Å². The quantitative estimate of drug-likeness (QED) is 0.125. The first kappa shape index (κ1) is 53.9. The van der Waals surface area contributed by atoms with E-state index in [1.807, 2.05) is 29.2 Å². The summed E-state index contributed by atoms with van der Waals surface area (Å²) in [6, 6.07) is 42.2. The van der Waals surface area contributed by atoms with Gasteiger partial charge in [-0.05, 0) is 193 Å². The third-order valence-electron chi connectivity index (χ3n) is 19.1. The molecule has 2 aliphatic carbocycles. The largest absolute Gasteiger partial charge is 0.311 e. The summed E-state index contributed by atoms with van der Waals surface area (Å²) in [5.41, 5.74) is 23.7. The van der Waals surface area contributed by atoms with Crippen molar-refractivity contribution in [2.24, 2.45) is 0 Å². The summed E-state index contributed by atoms with van der Waals surface area (Å²) < 4.78 is 2.76. The van der Waals surface area contributed by atoms with Crippen molar-refractivity contribution < 1.29 is 0 Å². The van der Waals surface area contributed by atoms with Crippen LogP contribution in [0.4, 0.5) is 45.5 Å². The number of hydrogen-bond acceptors (Lipinski definition) is 5. The van der Waals surface area contributed by atoms with E-state index in [9.17, 15) is 0 Å². The molecule has 5 aliphatic rings. The zero-order chi connectivity index (χ0) is 56.5. The average Bonchev–Trinajstić information content (AvgIpc) is 3.05. The second-order valence-corrected chi connectivity index (χ2v) is 32.0. The summed E-state index contributed by atoms with van der Waals surface area (Å²) >= 11 is 3.89. The predicted molar refractivity (Wildman–Crippen MR) is 349 cm³/mol. The number of hydrogen-bond donors (Lipinski definition) is 0. The summed E-state index contributed by atoms with van der Waals surface area (Å²) in [6.07, 6.45) is 10.9. The Kier molecular flexibility index (Phi) is 12.2. The highest BCUT2D eigenvalue weighted by atomic mass is 32.2. The molecule has 0 bridgehead atoms. The second-order valence-electron chi connectivity index (χ2n) is 29.7. The van der Waals surface area contributed by atoms with Crippen molar-refractivity contribution in [3.8, 4) is 0 Å². The number of rotatable bonds is 5. The third kappa shape index (κ3) is 8.65. The zero-order valence-electron chi connectivity index (χ0n) is 50.8. The number of thioether (sulfide) groups is 1. The first-order valence-corrected chi connectivity index (χ1v) is 31.0. The van der Waals surface area contributed by atoms with E-state index in [4.69, 9.17) is 0 Å². The number of thiophene rings is 1. The van der Waals surface area contributed by atoms with Crippen molar-refractivity contribution in [3.63, 3.8) is 0 Å². The van der Waals surface area contributed by atoms with Gasteiger partial charge in [0.05, 0.1) is 22.8 Å². The number of anilines is 8. The summed E-state index contributed by atoms with van der Waals surface area (Å²) in [6.45, 7) is 47.7. The Hall–Kier alpha value is -5.69. The molecule has 0 atom stereocenters. The summed E-state index contributed by atoms with van der Waals surface area (Å²) in [7, 11) is 0. The molecule has 0 saturated carbocycles. The zero-order valence-corrected chi connectivity index (χ0v) is 52.5. The Bertz CT molecular complexity index is 3750. The molecule has 0 amide bonds. The predicted octanol–water partition coefficient (Wildman–Crippen LogP) is 19.8. The first-order chi connectivity index (χ1) is 36.9. The van der Waals surface area contributed by atoms with Crippen LogP contribution in [0.5, 0.6) is 0 Å². The van der Waals surface area contributed by atoms with Crippen LogP contribution >= 0.6 is 23.1 Å². The highest BCUT2D eigenvalue weighted by Gasteiger charge is 2.49. The lowest BCUT2D eigenvalue weighted by Gasteiger charge is -2.48. The topological polar surface area (TPSA) is 9.72 Å². The molecule has 12 rings (SSSR count). The molecule has 0 radical (unpaired) electrons. The van der Waals surface area contributed by atoms with Crippen molar-refractivity contribution >= 4 is 101 Å². The van der Waals surface area contributed by atoms with Gasteiger partial charge in [-0.1, -0.05) is 185 Å². The van der Waals surface area contributed by atoms with Crippen LogP contribution in [-0.4, -0.2) is 6.71 Å². The standard InChI is InChI=1S/C73H84BN3S2/c1-20-21-24-57-44(2)78-63-26-23-22-25-58(63)76(57)50-40-60-64-61(41-50)77(49-36-46(68(6,7)8)35-47(37-49)69(9,10)11)65-51-38-45(67(3,4)5)27-30-62(51)79-66(65)74(64)56-42-54-55(73(18,19)34-33-72(54,16)17)43-59(56)75(60)48-28-29-52-53(39-48)71(14,15)32-31-70(52,12)13/h20-30,35-43H,1,31-34H2,2-19H3/b24-21-. The van der Waals surface area contributed by atoms with Gasteiger partial charge in [-0.2, -0.15) is 0 Å². The maximum absolute atomic E-state index is 4.18. The fraction of sp³-hybridized carbons (Fsp3) is 0.397. The van der Waals surface area contributed by atoms with E-state index < -0.39 is 0 Å². The number of fused-ring (bicyclic) bond motifs is 9. The van der Waals surface area contributed by atoms with Crippen LogP contribution in [0.15, 0.2) is 143 Å². The van der Waals surface area contributed by atoms with Crippen molar-refractivity contribution in [1.29, 1.82) is 0 Å². The van der Waals surface area contributed by atoms with Crippen LogP contribution in [0.25, 0.3) is 10.1 Å². The molecule has 6 aromatic carbocycles. The fourth-order valence-corrected chi connectivity index (χ4v) is 16.2. The average molecular weight is 1080 g/mol. The fourth-order valence-electron chi connectivity index (χ4n) is 13.9. The summed E-state index contributed by atoms with van der Waals surface area (Å²) in [5.74, 6) is 0. The molecule has 0 saturated heterocycles. The minimum absolute atomic E-state index is 0.00290. The minimum atomic E-state index is -0.0946. The van der Waals surface area contributed by atoms with Gasteiger partial charge in [-0.3, -0.25) is 0 Å². The van der Waals surface area contributed by atoms with Gasteiger partial charge < -0.3 is 14.7 Å². The van der Waals surface area contributed by atoms with Crippen molar-refractivity contribution in [1.82, 2.24) is 0 Å². The van der Waals surface area contributed by atoms with E-state index in [0.717, 1.165) is 30.6 Å². The lowest BCUT2D eigenvalue weighted by molar-refractivity contribution is 0.332. The molecular formula is C73H84BN3S2. The first-order valence-electron chi connectivity index (χ1n) is 29.3. The number of benzene rings is 6. The molecular weight excluding hydrogens is 994 g/mol. The van der Waals surface area contributed by atoms with Crippen LogP contribution in [-0.2, 0) is 37.9 Å². The number of allylic oxidation sites excluding steroid dienone is 4. The molecule has 4 heterocycles. The molecule has 0 fully saturated rings. The normalized spacial score (nSPS) is 18.8. The number of nitrogens with zero attached hydrogens (tertiary/aromatic N) is 3. The highest BCUT2D eigenvalue weighted by Crippen LogP contribution is 2.57. The molecule has 0 N–H and O–H groups in total. The van der Waals surface area contributed by atoms with Gasteiger partial charge in [0.15, 0.2) is 0 Å². The van der Waals surface area contributed by atoms with E-state index >= 15 is 0 Å². The molecule has 1 aromatic heterocycles. The van der Waals surface area contributed by atoms with E-state index in [-0.39, 0.29) is 44.6 Å². The van der Waals surface area contributed by atoms with Gasteiger partial charge in [0, 0.05) is 53.1 Å². The Morgan fingerprint density at radius 1 is 0.519 bits per heavy atom. The maximum atomic E-state index is 4.18. The monoisotopic (exact) mass is 1080 g/mol.